The normalized spacial score (nSPS) is 22.8. The second-order valence-electron chi connectivity index (χ2n) is 10.3. The summed E-state index contributed by atoms with van der Waals surface area (Å²) in [6.45, 7) is 8.70. The van der Waals surface area contributed by atoms with Gasteiger partial charge in [0, 0.05) is 43.2 Å². The van der Waals surface area contributed by atoms with Gasteiger partial charge in [0.1, 0.15) is 5.82 Å². The van der Waals surface area contributed by atoms with E-state index in [0.29, 0.717) is 42.7 Å². The fourth-order valence-corrected chi connectivity index (χ4v) is 4.72. The summed E-state index contributed by atoms with van der Waals surface area (Å²) in [5, 5.41) is 7.55. The molecule has 1 aliphatic heterocycles. The van der Waals surface area contributed by atoms with Crippen molar-refractivity contribution in [3.63, 3.8) is 0 Å². The van der Waals surface area contributed by atoms with E-state index in [4.69, 9.17) is 35.8 Å². The quantitative estimate of drug-likeness (QED) is 0.483. The van der Waals surface area contributed by atoms with Crippen LogP contribution in [-0.4, -0.2) is 72.9 Å². The summed E-state index contributed by atoms with van der Waals surface area (Å²) in [4.78, 5) is 14.1. The molecule has 2 aromatic rings. The molecule has 0 amide bonds. The van der Waals surface area contributed by atoms with Crippen LogP contribution in [0.2, 0.25) is 5.02 Å². The number of nitrogens with zero attached hydrogens (tertiary/aromatic N) is 3. The van der Waals surface area contributed by atoms with E-state index in [1.54, 1.807) is 13.3 Å². The molecule has 0 aromatic carbocycles. The molecule has 9 heteroatoms. The molecule has 1 saturated carbocycles. The first-order chi connectivity index (χ1) is 17.3. The maximum atomic E-state index is 6.52. The van der Waals surface area contributed by atoms with Crippen molar-refractivity contribution in [2.75, 3.05) is 38.8 Å². The molecule has 2 N–H and O–H groups in total. The fraction of sp³-hybridized carbons (Fsp3) is 0.593. The summed E-state index contributed by atoms with van der Waals surface area (Å²) >= 11 is 6.52. The van der Waals surface area contributed by atoms with E-state index in [-0.39, 0.29) is 11.7 Å². The van der Waals surface area contributed by atoms with Crippen molar-refractivity contribution < 1.29 is 14.2 Å². The second-order valence-corrected chi connectivity index (χ2v) is 10.7. The summed E-state index contributed by atoms with van der Waals surface area (Å²) < 4.78 is 17.0. The van der Waals surface area contributed by atoms with Crippen molar-refractivity contribution >= 4 is 28.9 Å². The van der Waals surface area contributed by atoms with Gasteiger partial charge in [-0.25, -0.2) is 15.0 Å². The summed E-state index contributed by atoms with van der Waals surface area (Å²) in [5.74, 6) is 1.43. The van der Waals surface area contributed by atoms with Crippen LogP contribution < -0.4 is 10.6 Å². The number of anilines is 1. The number of halogens is 1. The number of rotatable bonds is 9. The molecule has 2 aromatic heterocycles. The first kappa shape index (κ1) is 26.9. The molecule has 36 heavy (non-hydrogen) atoms. The number of aromatic nitrogens is 2. The first-order valence-corrected chi connectivity index (χ1v) is 13.1. The van der Waals surface area contributed by atoms with Gasteiger partial charge in [-0.05, 0) is 64.7 Å². The minimum absolute atomic E-state index is 0.0103. The van der Waals surface area contributed by atoms with E-state index in [9.17, 15) is 0 Å². The van der Waals surface area contributed by atoms with Gasteiger partial charge in [-0.2, -0.15) is 0 Å². The van der Waals surface area contributed by atoms with Crippen LogP contribution in [0.25, 0.3) is 11.3 Å². The molecule has 2 aliphatic rings. The van der Waals surface area contributed by atoms with Gasteiger partial charge in [0.2, 0.25) is 0 Å². The summed E-state index contributed by atoms with van der Waals surface area (Å²) in [5.41, 5.74) is 2.54. The number of hydrogen-bond acceptors (Lipinski definition) is 8. The van der Waals surface area contributed by atoms with E-state index in [0.717, 1.165) is 49.4 Å². The number of pyridine rings is 2. The molecule has 0 bridgehead atoms. The van der Waals surface area contributed by atoms with Gasteiger partial charge in [-0.15, -0.1) is 0 Å². The first-order valence-electron chi connectivity index (χ1n) is 12.7. The van der Waals surface area contributed by atoms with Gasteiger partial charge in [0.15, 0.2) is 5.82 Å². The van der Waals surface area contributed by atoms with Crippen LogP contribution in [0.5, 0.6) is 0 Å². The van der Waals surface area contributed by atoms with E-state index in [1.807, 2.05) is 38.1 Å². The average molecular weight is 516 g/mol. The highest BCUT2D eigenvalue weighted by Crippen LogP contribution is 2.30. The molecule has 1 unspecified atom stereocenters. The minimum atomic E-state index is -0.229. The number of ether oxygens (including phenoxy) is 3. The number of aliphatic imine (C=N–C) groups is 1. The number of nitrogens with one attached hydrogen (secondary N) is 2. The van der Waals surface area contributed by atoms with Crippen LogP contribution in [0.3, 0.4) is 0 Å². The topological polar surface area (TPSA) is 89.9 Å². The summed E-state index contributed by atoms with van der Waals surface area (Å²) in [6.07, 6.45) is 5.69. The second kappa shape index (κ2) is 12.4. The van der Waals surface area contributed by atoms with E-state index >= 15 is 0 Å². The third-order valence-electron chi connectivity index (χ3n) is 6.48. The Kier molecular flexibility index (Phi) is 9.30. The fourth-order valence-electron chi connectivity index (χ4n) is 4.52. The van der Waals surface area contributed by atoms with Crippen molar-refractivity contribution in [3.05, 3.63) is 35.5 Å². The third-order valence-corrected chi connectivity index (χ3v) is 6.78. The van der Waals surface area contributed by atoms with Crippen LogP contribution in [0.15, 0.2) is 35.5 Å². The summed E-state index contributed by atoms with van der Waals surface area (Å²) in [6, 6.07) is 8.63. The Balaban J connectivity index is 1.38. The smallest absolute Gasteiger partial charge is 0.152 e. The SMILES string of the molecule is COC[C@@H](C)NC1CCC(=Nc2cc(-c3cccc(NCC4COC(C)(C)CO4)n3)c(Cl)cn2)CC1. The molecule has 2 atom stereocenters. The van der Waals surface area contributed by atoms with Crippen molar-refractivity contribution in [2.24, 2.45) is 4.99 Å². The molecule has 3 heterocycles. The van der Waals surface area contributed by atoms with Crippen molar-refractivity contribution in [2.45, 2.75) is 70.2 Å². The Morgan fingerprint density at radius 1 is 1.28 bits per heavy atom. The molecule has 1 aliphatic carbocycles. The molecule has 2 fully saturated rings. The van der Waals surface area contributed by atoms with Crippen LogP contribution in [0.4, 0.5) is 11.6 Å². The molecule has 8 nitrogen and oxygen atoms in total. The number of hydrogen-bond donors (Lipinski definition) is 2. The highest BCUT2D eigenvalue weighted by atomic mass is 35.5. The largest absolute Gasteiger partial charge is 0.383 e. The Hall–Kier alpha value is -2.10. The van der Waals surface area contributed by atoms with Gasteiger partial charge >= 0.3 is 0 Å². The van der Waals surface area contributed by atoms with Crippen LogP contribution >= 0.6 is 11.6 Å². The Bertz CT molecular complexity index is 1030. The van der Waals surface area contributed by atoms with Gasteiger partial charge in [-0.3, -0.25) is 0 Å². The third kappa shape index (κ3) is 7.70. The van der Waals surface area contributed by atoms with E-state index in [2.05, 4.69) is 22.5 Å². The Morgan fingerprint density at radius 2 is 2.08 bits per heavy atom. The molecule has 0 radical (unpaired) electrons. The van der Waals surface area contributed by atoms with Gasteiger partial charge in [0.25, 0.3) is 0 Å². The average Bonchev–Trinajstić information content (AvgIpc) is 2.86. The number of methoxy groups -OCH3 is 1. The zero-order valence-corrected chi connectivity index (χ0v) is 22.5. The van der Waals surface area contributed by atoms with Crippen molar-refractivity contribution in [1.82, 2.24) is 15.3 Å². The lowest BCUT2D eigenvalue weighted by Gasteiger charge is -2.35. The predicted octanol–water partition coefficient (Wildman–Crippen LogP) is 5.04. The monoisotopic (exact) mass is 515 g/mol. The lowest BCUT2D eigenvalue weighted by atomic mass is 9.93. The minimum Gasteiger partial charge on any atom is -0.383 e. The Labute approximate surface area is 219 Å². The molecule has 196 valence electrons. The van der Waals surface area contributed by atoms with Crippen LogP contribution in [0, 0.1) is 0 Å². The lowest BCUT2D eigenvalue weighted by molar-refractivity contribution is -0.170. The van der Waals surface area contributed by atoms with Crippen molar-refractivity contribution in [1.29, 1.82) is 0 Å². The standard InChI is InChI=1S/C27H38ClN5O3/c1-18(15-34-4)31-19-8-10-20(11-9-19)32-26-12-22(23(28)14-30-26)24-6-5-7-25(33-24)29-13-21-16-36-27(2,3)17-35-21/h5-7,12,14,18-19,21,31H,8-11,13,15-17H2,1-4H3,(H,29,33)/t18-,19?,21?/m1/s1. The van der Waals surface area contributed by atoms with Gasteiger partial charge in [0.05, 0.1) is 42.2 Å². The molecule has 1 saturated heterocycles. The molecular weight excluding hydrogens is 478 g/mol. The van der Waals surface area contributed by atoms with Crippen LogP contribution in [-0.2, 0) is 14.2 Å². The van der Waals surface area contributed by atoms with Crippen LogP contribution in [0.1, 0.15) is 46.5 Å². The zero-order chi connectivity index (χ0) is 25.5. The summed E-state index contributed by atoms with van der Waals surface area (Å²) in [7, 11) is 1.74. The molecule has 0 spiro atoms. The lowest BCUT2D eigenvalue weighted by Crippen LogP contribution is -2.44. The van der Waals surface area contributed by atoms with E-state index in [1.165, 1.54) is 5.71 Å². The molecular formula is C27H38ClN5O3. The highest BCUT2D eigenvalue weighted by Gasteiger charge is 2.28. The zero-order valence-electron chi connectivity index (χ0n) is 21.7. The van der Waals surface area contributed by atoms with Gasteiger partial charge in [-0.1, -0.05) is 17.7 Å². The predicted molar refractivity (Wildman–Crippen MR) is 145 cm³/mol. The Morgan fingerprint density at radius 3 is 2.81 bits per heavy atom. The molecule has 4 rings (SSSR count). The van der Waals surface area contributed by atoms with Gasteiger partial charge < -0.3 is 24.8 Å². The van der Waals surface area contributed by atoms with Crippen molar-refractivity contribution in [3.8, 4) is 11.3 Å². The maximum Gasteiger partial charge on any atom is 0.152 e. The van der Waals surface area contributed by atoms with E-state index < -0.39 is 0 Å². The highest BCUT2D eigenvalue weighted by molar-refractivity contribution is 6.33. The maximum absolute atomic E-state index is 6.52.